The minimum atomic E-state index is -0.873. The number of nitrogens with zero attached hydrogens (tertiary/aromatic N) is 2. The van der Waals surface area contributed by atoms with Crippen molar-refractivity contribution in [1.82, 2.24) is 9.80 Å². The molecule has 3 unspecified atom stereocenters. The third kappa shape index (κ3) is 2.85. The highest BCUT2D eigenvalue weighted by Gasteiger charge is 2.41. The fraction of sp³-hybridized carbons (Fsp3) is 0.857. The molecule has 2 aliphatic rings. The van der Waals surface area contributed by atoms with E-state index in [9.17, 15) is 14.7 Å². The van der Waals surface area contributed by atoms with Gasteiger partial charge >= 0.3 is 12.0 Å². The van der Waals surface area contributed by atoms with E-state index in [1.54, 1.807) is 4.90 Å². The van der Waals surface area contributed by atoms with Gasteiger partial charge in [0.1, 0.15) is 6.04 Å². The molecule has 108 valence electrons. The van der Waals surface area contributed by atoms with Crippen LogP contribution in [-0.4, -0.2) is 52.6 Å². The molecule has 0 spiro atoms. The van der Waals surface area contributed by atoms with Gasteiger partial charge < -0.3 is 14.9 Å². The number of hydrogen-bond donors (Lipinski definition) is 1. The maximum Gasteiger partial charge on any atom is 0.326 e. The molecule has 0 aromatic heterocycles. The van der Waals surface area contributed by atoms with E-state index in [1.165, 1.54) is 6.42 Å². The first kappa shape index (κ1) is 14.2. The first-order chi connectivity index (χ1) is 9.04. The molecule has 5 nitrogen and oxygen atoms in total. The summed E-state index contributed by atoms with van der Waals surface area (Å²) in [6.07, 6.45) is 4.08. The van der Waals surface area contributed by atoms with Gasteiger partial charge in [0, 0.05) is 19.6 Å². The third-order valence-electron chi connectivity index (χ3n) is 4.57. The fourth-order valence-corrected chi connectivity index (χ4v) is 3.29. The number of carboxylic acids is 1. The van der Waals surface area contributed by atoms with Crippen LogP contribution in [0.2, 0.25) is 0 Å². The number of rotatable bonds is 2. The zero-order chi connectivity index (χ0) is 14.0. The van der Waals surface area contributed by atoms with Gasteiger partial charge in [0.05, 0.1) is 0 Å². The average molecular weight is 268 g/mol. The van der Waals surface area contributed by atoms with E-state index in [1.807, 2.05) is 11.8 Å². The Morgan fingerprint density at radius 3 is 2.63 bits per heavy atom. The van der Waals surface area contributed by atoms with Crippen LogP contribution in [0.1, 0.15) is 39.5 Å². The van der Waals surface area contributed by atoms with Crippen molar-refractivity contribution in [3.05, 3.63) is 0 Å². The van der Waals surface area contributed by atoms with Gasteiger partial charge in [-0.1, -0.05) is 20.3 Å². The Bertz CT molecular complexity index is 359. The predicted octanol–water partition coefficient (Wildman–Crippen LogP) is 2.02. The normalized spacial score (nSPS) is 31.6. The van der Waals surface area contributed by atoms with E-state index in [-0.39, 0.29) is 11.9 Å². The Balaban J connectivity index is 2.04. The van der Waals surface area contributed by atoms with Crippen LogP contribution in [0.15, 0.2) is 0 Å². The van der Waals surface area contributed by atoms with Gasteiger partial charge in [-0.25, -0.2) is 9.59 Å². The summed E-state index contributed by atoms with van der Waals surface area (Å²) < 4.78 is 0. The van der Waals surface area contributed by atoms with Crippen LogP contribution in [0.3, 0.4) is 0 Å². The summed E-state index contributed by atoms with van der Waals surface area (Å²) >= 11 is 0. The Hall–Kier alpha value is -1.26. The van der Waals surface area contributed by atoms with E-state index >= 15 is 0 Å². The Morgan fingerprint density at radius 2 is 2.00 bits per heavy atom. The molecule has 2 aliphatic heterocycles. The minimum absolute atomic E-state index is 0.0493. The molecule has 0 bridgehead atoms. The molecule has 2 amide bonds. The van der Waals surface area contributed by atoms with Gasteiger partial charge in [-0.15, -0.1) is 0 Å². The zero-order valence-electron chi connectivity index (χ0n) is 11.8. The highest BCUT2D eigenvalue weighted by atomic mass is 16.4. The number of carbonyl (C=O) groups is 2. The molecule has 19 heavy (non-hydrogen) atoms. The number of carbonyl (C=O) groups excluding carboxylic acids is 1. The summed E-state index contributed by atoms with van der Waals surface area (Å²) in [6.45, 7) is 6.19. The molecule has 2 saturated heterocycles. The topological polar surface area (TPSA) is 60.9 Å². The molecule has 3 atom stereocenters. The number of aliphatic carboxylic acids is 1. The van der Waals surface area contributed by atoms with E-state index in [2.05, 4.69) is 6.92 Å². The first-order valence-electron chi connectivity index (χ1n) is 7.33. The highest BCUT2D eigenvalue weighted by Crippen LogP contribution is 2.27. The second-order valence-electron chi connectivity index (χ2n) is 5.89. The van der Waals surface area contributed by atoms with Gasteiger partial charge in [0.25, 0.3) is 0 Å². The Labute approximate surface area is 114 Å². The van der Waals surface area contributed by atoms with Crippen molar-refractivity contribution in [1.29, 1.82) is 0 Å². The van der Waals surface area contributed by atoms with Gasteiger partial charge in [-0.2, -0.15) is 0 Å². The number of hydrogen-bond acceptors (Lipinski definition) is 2. The molecule has 5 heteroatoms. The standard InChI is InChI=1S/C14H24N2O3/c1-3-11-5-4-7-15(9-11)14(19)16-8-6-10(2)12(16)13(17)18/h10-12H,3-9H2,1-2H3,(H,17,18). The van der Waals surface area contributed by atoms with Crippen molar-refractivity contribution in [3.8, 4) is 0 Å². The Morgan fingerprint density at radius 1 is 1.26 bits per heavy atom. The third-order valence-corrected chi connectivity index (χ3v) is 4.57. The molecule has 0 aromatic carbocycles. The average Bonchev–Trinajstić information content (AvgIpc) is 2.80. The monoisotopic (exact) mass is 268 g/mol. The molecule has 2 heterocycles. The second-order valence-corrected chi connectivity index (χ2v) is 5.89. The van der Waals surface area contributed by atoms with Crippen molar-refractivity contribution < 1.29 is 14.7 Å². The van der Waals surface area contributed by atoms with Crippen LogP contribution in [0, 0.1) is 11.8 Å². The smallest absolute Gasteiger partial charge is 0.326 e. The fourth-order valence-electron chi connectivity index (χ4n) is 3.29. The predicted molar refractivity (Wildman–Crippen MR) is 71.9 cm³/mol. The maximum atomic E-state index is 12.5. The summed E-state index contributed by atoms with van der Waals surface area (Å²) in [5, 5.41) is 9.29. The van der Waals surface area contributed by atoms with E-state index < -0.39 is 12.0 Å². The van der Waals surface area contributed by atoms with Gasteiger partial charge in [-0.3, -0.25) is 0 Å². The minimum Gasteiger partial charge on any atom is -0.480 e. The quantitative estimate of drug-likeness (QED) is 0.833. The van der Waals surface area contributed by atoms with Crippen LogP contribution >= 0.6 is 0 Å². The summed E-state index contributed by atoms with van der Waals surface area (Å²) in [5.41, 5.74) is 0. The van der Waals surface area contributed by atoms with Crippen molar-refractivity contribution in [2.45, 2.75) is 45.6 Å². The first-order valence-corrected chi connectivity index (χ1v) is 7.33. The van der Waals surface area contributed by atoms with Gasteiger partial charge in [0.2, 0.25) is 0 Å². The van der Waals surface area contributed by atoms with Crippen molar-refractivity contribution >= 4 is 12.0 Å². The summed E-state index contributed by atoms with van der Waals surface area (Å²) in [4.78, 5) is 27.2. The molecule has 1 N–H and O–H groups in total. The second kappa shape index (κ2) is 5.80. The number of likely N-dealkylation sites (tertiary alicyclic amines) is 2. The van der Waals surface area contributed by atoms with Crippen LogP contribution in [0.5, 0.6) is 0 Å². The highest BCUT2D eigenvalue weighted by molar-refractivity contribution is 5.83. The number of amides is 2. The van der Waals surface area contributed by atoms with Gasteiger partial charge in [0.15, 0.2) is 0 Å². The Kier molecular flexibility index (Phi) is 4.32. The van der Waals surface area contributed by atoms with Crippen LogP contribution in [0.25, 0.3) is 0 Å². The lowest BCUT2D eigenvalue weighted by Gasteiger charge is -2.36. The van der Waals surface area contributed by atoms with Crippen LogP contribution in [-0.2, 0) is 4.79 Å². The number of urea groups is 1. The van der Waals surface area contributed by atoms with E-state index in [0.717, 1.165) is 32.4 Å². The molecule has 2 rings (SSSR count). The molecule has 0 radical (unpaired) electrons. The van der Waals surface area contributed by atoms with Crippen LogP contribution in [0.4, 0.5) is 4.79 Å². The lowest BCUT2D eigenvalue weighted by atomic mass is 9.96. The van der Waals surface area contributed by atoms with E-state index in [4.69, 9.17) is 0 Å². The maximum absolute atomic E-state index is 12.5. The largest absolute Gasteiger partial charge is 0.480 e. The molecule has 0 aromatic rings. The lowest BCUT2D eigenvalue weighted by Crippen LogP contribution is -2.51. The molecule has 0 aliphatic carbocycles. The number of carboxylic acid groups (broad SMARTS) is 1. The summed E-state index contributed by atoms with van der Waals surface area (Å²) in [7, 11) is 0. The van der Waals surface area contributed by atoms with Crippen LogP contribution < -0.4 is 0 Å². The summed E-state index contributed by atoms with van der Waals surface area (Å²) in [5.74, 6) is -0.253. The molecular weight excluding hydrogens is 244 g/mol. The molecular formula is C14H24N2O3. The van der Waals surface area contributed by atoms with Crippen molar-refractivity contribution in [2.75, 3.05) is 19.6 Å². The number of piperidine rings is 1. The molecule has 0 saturated carbocycles. The summed E-state index contributed by atoms with van der Waals surface area (Å²) in [6, 6.07) is -0.718. The SMILES string of the molecule is CCC1CCCN(C(=O)N2CCC(C)C2C(=O)O)C1. The van der Waals surface area contributed by atoms with Crippen molar-refractivity contribution in [3.63, 3.8) is 0 Å². The van der Waals surface area contributed by atoms with Gasteiger partial charge in [-0.05, 0) is 31.1 Å². The molecule has 2 fully saturated rings. The zero-order valence-corrected chi connectivity index (χ0v) is 11.8. The van der Waals surface area contributed by atoms with Crippen molar-refractivity contribution in [2.24, 2.45) is 11.8 Å². The van der Waals surface area contributed by atoms with E-state index in [0.29, 0.717) is 12.5 Å². The lowest BCUT2D eigenvalue weighted by molar-refractivity contribution is -0.142.